The van der Waals surface area contributed by atoms with Crippen molar-refractivity contribution in [3.8, 4) is 11.5 Å². The highest BCUT2D eigenvalue weighted by molar-refractivity contribution is 6.30. The van der Waals surface area contributed by atoms with Crippen LogP contribution >= 0.6 is 11.6 Å². The first kappa shape index (κ1) is 16.5. The van der Waals surface area contributed by atoms with Crippen LogP contribution < -0.4 is 14.8 Å². The Kier molecular flexibility index (Phi) is 5.92. The van der Waals surface area contributed by atoms with E-state index >= 15 is 0 Å². The summed E-state index contributed by atoms with van der Waals surface area (Å²) < 4.78 is 10.8. The van der Waals surface area contributed by atoms with Crippen LogP contribution in [0, 0.1) is 6.92 Å². The molecule has 2 aromatic rings. The normalized spacial score (nSPS) is 11.8. The molecular weight excluding hydrogens is 302 g/mol. The molecule has 0 radical (unpaired) electrons. The fraction of sp³-hybridized carbons (Fsp3) is 0.294. The minimum Gasteiger partial charge on any atom is -0.497 e. The first-order chi connectivity index (χ1) is 10.6. The molecule has 2 aromatic carbocycles. The van der Waals surface area contributed by atoms with Gasteiger partial charge in [-0.1, -0.05) is 11.6 Å². The molecule has 1 atom stereocenters. The van der Waals surface area contributed by atoms with Crippen molar-refractivity contribution in [3.63, 3.8) is 0 Å². The van der Waals surface area contributed by atoms with Crippen molar-refractivity contribution in [2.75, 3.05) is 25.6 Å². The van der Waals surface area contributed by atoms with E-state index in [9.17, 15) is 5.11 Å². The minimum atomic E-state index is -0.614. The van der Waals surface area contributed by atoms with Gasteiger partial charge < -0.3 is 19.9 Å². The Hall–Kier alpha value is -1.91. The van der Waals surface area contributed by atoms with Gasteiger partial charge in [0.25, 0.3) is 0 Å². The Labute approximate surface area is 135 Å². The lowest BCUT2D eigenvalue weighted by molar-refractivity contribution is 0.117. The van der Waals surface area contributed by atoms with Crippen molar-refractivity contribution in [1.82, 2.24) is 0 Å². The molecule has 0 saturated heterocycles. The van der Waals surface area contributed by atoms with Crippen LogP contribution in [0.25, 0.3) is 0 Å². The molecule has 0 heterocycles. The van der Waals surface area contributed by atoms with Crippen LogP contribution in [0.5, 0.6) is 11.5 Å². The number of halogens is 1. The third-order valence-corrected chi connectivity index (χ3v) is 3.45. The average Bonchev–Trinajstić information content (AvgIpc) is 2.53. The molecule has 22 heavy (non-hydrogen) atoms. The van der Waals surface area contributed by atoms with Crippen molar-refractivity contribution in [2.45, 2.75) is 13.0 Å². The van der Waals surface area contributed by atoms with Crippen LogP contribution in [0.2, 0.25) is 5.02 Å². The zero-order valence-electron chi connectivity index (χ0n) is 12.7. The number of hydrogen-bond acceptors (Lipinski definition) is 4. The van der Waals surface area contributed by atoms with E-state index in [1.165, 1.54) is 0 Å². The van der Waals surface area contributed by atoms with E-state index in [0.717, 1.165) is 22.7 Å². The number of benzene rings is 2. The van der Waals surface area contributed by atoms with Crippen LogP contribution in [0.4, 0.5) is 5.69 Å². The highest BCUT2D eigenvalue weighted by Crippen LogP contribution is 2.23. The molecule has 0 aliphatic rings. The smallest absolute Gasteiger partial charge is 0.122 e. The zero-order chi connectivity index (χ0) is 15.9. The molecule has 118 valence electrons. The van der Waals surface area contributed by atoms with Crippen LogP contribution in [0.1, 0.15) is 5.56 Å². The Balaban J connectivity index is 1.80. The van der Waals surface area contributed by atoms with Crippen molar-refractivity contribution in [1.29, 1.82) is 0 Å². The summed E-state index contributed by atoms with van der Waals surface area (Å²) in [6.45, 7) is 2.56. The van der Waals surface area contributed by atoms with Gasteiger partial charge in [0.1, 0.15) is 24.2 Å². The van der Waals surface area contributed by atoms with E-state index in [0.29, 0.717) is 11.6 Å². The lowest BCUT2D eigenvalue weighted by atomic mass is 10.2. The standard InChI is InChI=1S/C17H20ClNO3/c1-12-9-16(21-2)7-8-17(12)22-11-15(20)10-19-14-5-3-13(18)4-6-14/h3-9,15,19-20H,10-11H2,1-2H3/t15-/m0/s1. The van der Waals surface area contributed by atoms with Gasteiger partial charge in [-0.05, 0) is 55.0 Å². The molecule has 0 bridgehead atoms. The van der Waals surface area contributed by atoms with E-state index in [2.05, 4.69) is 5.32 Å². The number of aliphatic hydroxyl groups is 1. The van der Waals surface area contributed by atoms with E-state index in [1.54, 1.807) is 19.2 Å². The van der Waals surface area contributed by atoms with Crippen LogP contribution in [-0.2, 0) is 0 Å². The van der Waals surface area contributed by atoms with Crippen molar-refractivity contribution < 1.29 is 14.6 Å². The molecule has 0 fully saturated rings. The number of anilines is 1. The summed E-state index contributed by atoms with van der Waals surface area (Å²) in [6.07, 6.45) is -0.614. The van der Waals surface area contributed by atoms with Gasteiger partial charge in [0.15, 0.2) is 0 Å². The second-order valence-electron chi connectivity index (χ2n) is 4.98. The van der Waals surface area contributed by atoms with Gasteiger partial charge in [-0.25, -0.2) is 0 Å². The second-order valence-corrected chi connectivity index (χ2v) is 5.42. The maximum atomic E-state index is 9.98. The minimum absolute atomic E-state index is 0.216. The molecule has 2 rings (SSSR count). The van der Waals surface area contributed by atoms with Gasteiger partial charge in [0, 0.05) is 17.3 Å². The number of hydrogen-bond donors (Lipinski definition) is 2. The molecule has 5 heteroatoms. The fourth-order valence-corrected chi connectivity index (χ4v) is 2.09. The topological polar surface area (TPSA) is 50.7 Å². The molecule has 0 aromatic heterocycles. The Morgan fingerprint density at radius 1 is 1.18 bits per heavy atom. The van der Waals surface area contributed by atoms with Gasteiger partial charge in [-0.3, -0.25) is 0 Å². The monoisotopic (exact) mass is 321 g/mol. The average molecular weight is 322 g/mol. The van der Waals surface area contributed by atoms with E-state index in [-0.39, 0.29) is 6.61 Å². The Morgan fingerprint density at radius 2 is 1.91 bits per heavy atom. The SMILES string of the molecule is COc1ccc(OC[C@@H](O)CNc2ccc(Cl)cc2)c(C)c1. The molecule has 4 nitrogen and oxygen atoms in total. The largest absolute Gasteiger partial charge is 0.497 e. The fourth-order valence-electron chi connectivity index (χ4n) is 1.96. The summed E-state index contributed by atoms with van der Waals surface area (Å²) in [5, 5.41) is 13.8. The molecule has 2 N–H and O–H groups in total. The van der Waals surface area contributed by atoms with Crippen molar-refractivity contribution >= 4 is 17.3 Å². The van der Waals surface area contributed by atoms with Gasteiger partial charge in [0.2, 0.25) is 0 Å². The first-order valence-corrected chi connectivity index (χ1v) is 7.41. The van der Waals surface area contributed by atoms with Gasteiger partial charge in [0.05, 0.1) is 7.11 Å². The lowest BCUT2D eigenvalue weighted by Crippen LogP contribution is -2.26. The third-order valence-electron chi connectivity index (χ3n) is 3.20. The number of nitrogens with one attached hydrogen (secondary N) is 1. The van der Waals surface area contributed by atoms with E-state index in [1.807, 2.05) is 37.3 Å². The first-order valence-electron chi connectivity index (χ1n) is 7.03. The number of aliphatic hydroxyl groups excluding tert-OH is 1. The highest BCUT2D eigenvalue weighted by atomic mass is 35.5. The molecule has 0 unspecified atom stereocenters. The molecule has 0 amide bonds. The van der Waals surface area contributed by atoms with Crippen LogP contribution in [0.15, 0.2) is 42.5 Å². The number of rotatable bonds is 7. The number of methoxy groups -OCH3 is 1. The molecule has 0 aliphatic heterocycles. The van der Waals surface area contributed by atoms with Crippen molar-refractivity contribution in [3.05, 3.63) is 53.1 Å². The third kappa shape index (κ3) is 4.83. The van der Waals surface area contributed by atoms with Gasteiger partial charge in [-0.2, -0.15) is 0 Å². The Bertz CT molecular complexity index is 601. The molecule has 0 spiro atoms. The summed E-state index contributed by atoms with van der Waals surface area (Å²) in [6, 6.07) is 12.9. The molecule has 0 saturated carbocycles. The number of aryl methyl sites for hydroxylation is 1. The predicted molar refractivity (Wildman–Crippen MR) is 89.2 cm³/mol. The van der Waals surface area contributed by atoms with Crippen molar-refractivity contribution in [2.24, 2.45) is 0 Å². The quantitative estimate of drug-likeness (QED) is 0.819. The van der Waals surface area contributed by atoms with Crippen LogP contribution in [-0.4, -0.2) is 31.5 Å². The van der Waals surface area contributed by atoms with Gasteiger partial charge in [-0.15, -0.1) is 0 Å². The maximum absolute atomic E-state index is 9.98. The second kappa shape index (κ2) is 7.92. The molecule has 0 aliphatic carbocycles. The van der Waals surface area contributed by atoms with Crippen LogP contribution in [0.3, 0.4) is 0 Å². The maximum Gasteiger partial charge on any atom is 0.122 e. The Morgan fingerprint density at radius 3 is 2.55 bits per heavy atom. The summed E-state index contributed by atoms with van der Waals surface area (Å²) in [7, 11) is 1.63. The summed E-state index contributed by atoms with van der Waals surface area (Å²) in [5.41, 5.74) is 1.88. The summed E-state index contributed by atoms with van der Waals surface area (Å²) >= 11 is 5.82. The molecular formula is C17H20ClNO3. The predicted octanol–water partition coefficient (Wildman–Crippen LogP) is 3.51. The van der Waals surface area contributed by atoms with E-state index in [4.69, 9.17) is 21.1 Å². The van der Waals surface area contributed by atoms with E-state index < -0.39 is 6.10 Å². The summed E-state index contributed by atoms with van der Waals surface area (Å²) in [4.78, 5) is 0. The lowest BCUT2D eigenvalue weighted by Gasteiger charge is -2.15. The highest BCUT2D eigenvalue weighted by Gasteiger charge is 2.07. The van der Waals surface area contributed by atoms with Gasteiger partial charge >= 0.3 is 0 Å². The zero-order valence-corrected chi connectivity index (χ0v) is 13.4. The summed E-state index contributed by atoms with van der Waals surface area (Å²) in [5.74, 6) is 1.53. The number of ether oxygens (including phenoxy) is 2.